The highest BCUT2D eigenvalue weighted by Crippen LogP contribution is 2.13. The summed E-state index contributed by atoms with van der Waals surface area (Å²) >= 11 is 0. The summed E-state index contributed by atoms with van der Waals surface area (Å²) in [4.78, 5) is 18.3. The Balaban J connectivity index is 1.44. The van der Waals surface area contributed by atoms with Gasteiger partial charge in [0, 0.05) is 38.1 Å². The quantitative estimate of drug-likeness (QED) is 0.534. The number of carbonyl (C=O) groups excluding carboxylic acids is 1. The summed E-state index contributed by atoms with van der Waals surface area (Å²) in [6, 6.07) is 17.3. The molecule has 0 fully saturated rings. The van der Waals surface area contributed by atoms with Crippen molar-refractivity contribution < 1.29 is 14.3 Å². The second kappa shape index (κ2) is 10.6. The number of hydrogen-bond acceptors (Lipinski definition) is 4. The van der Waals surface area contributed by atoms with E-state index in [1.807, 2.05) is 36.4 Å². The van der Waals surface area contributed by atoms with Crippen LogP contribution in [-0.2, 0) is 13.0 Å². The highest BCUT2D eigenvalue weighted by molar-refractivity contribution is 5.94. The van der Waals surface area contributed by atoms with Crippen LogP contribution in [-0.4, -0.2) is 41.0 Å². The van der Waals surface area contributed by atoms with E-state index >= 15 is 0 Å². The molecule has 1 heterocycles. The van der Waals surface area contributed by atoms with E-state index in [4.69, 9.17) is 0 Å². The summed E-state index contributed by atoms with van der Waals surface area (Å²) in [7, 11) is 1.77. The maximum absolute atomic E-state index is 13.2. The molecule has 0 unspecified atom stereocenters. The van der Waals surface area contributed by atoms with Gasteiger partial charge in [-0.25, -0.2) is 4.39 Å². The van der Waals surface area contributed by atoms with Gasteiger partial charge in [0.05, 0.1) is 6.10 Å². The van der Waals surface area contributed by atoms with Gasteiger partial charge in [0.2, 0.25) is 0 Å². The van der Waals surface area contributed by atoms with Crippen molar-refractivity contribution in [3.05, 3.63) is 101 Å². The van der Waals surface area contributed by atoms with Crippen LogP contribution in [0.15, 0.2) is 73.1 Å². The number of carbonyl (C=O) groups is 1. The molecule has 0 spiro atoms. The number of benzene rings is 2. The van der Waals surface area contributed by atoms with E-state index in [1.54, 1.807) is 36.5 Å². The van der Waals surface area contributed by atoms with Crippen LogP contribution in [0.25, 0.3) is 0 Å². The molecule has 2 N–H and O–H groups in total. The molecular weight excluding hydrogens is 381 g/mol. The van der Waals surface area contributed by atoms with Crippen LogP contribution in [0.4, 0.5) is 4.39 Å². The zero-order valence-electron chi connectivity index (χ0n) is 17.0. The standard InChI is InChI=1S/C24H26FN3O2/c1-28(17-19-4-3-12-26-15-19)24(30)20-9-7-18(8-10-20)11-13-27-16-23(29)21-5-2-6-22(25)14-21/h2-10,12,14-15,23,27,29H,11,13,16-17H2,1H3/t23-/m0/s1. The molecule has 1 atom stereocenters. The molecule has 30 heavy (non-hydrogen) atoms. The van der Waals surface area contributed by atoms with E-state index in [1.165, 1.54) is 12.1 Å². The molecular formula is C24H26FN3O2. The number of rotatable bonds is 9. The first-order chi connectivity index (χ1) is 14.5. The van der Waals surface area contributed by atoms with Gasteiger partial charge in [-0.05, 0) is 60.0 Å². The van der Waals surface area contributed by atoms with Crippen LogP contribution in [0.5, 0.6) is 0 Å². The number of amides is 1. The van der Waals surface area contributed by atoms with Crippen molar-refractivity contribution in [2.24, 2.45) is 0 Å². The molecule has 0 aliphatic rings. The molecule has 0 bridgehead atoms. The zero-order chi connectivity index (χ0) is 21.3. The molecule has 2 aromatic carbocycles. The summed E-state index contributed by atoms with van der Waals surface area (Å²) in [6.45, 7) is 1.52. The lowest BCUT2D eigenvalue weighted by Gasteiger charge is -2.17. The highest BCUT2D eigenvalue weighted by Gasteiger charge is 2.12. The second-order valence-electron chi connectivity index (χ2n) is 7.24. The van der Waals surface area contributed by atoms with Crippen molar-refractivity contribution >= 4 is 5.91 Å². The van der Waals surface area contributed by atoms with Crippen molar-refractivity contribution in [1.82, 2.24) is 15.2 Å². The number of nitrogens with zero attached hydrogens (tertiary/aromatic N) is 2. The van der Waals surface area contributed by atoms with Crippen LogP contribution in [0, 0.1) is 5.82 Å². The maximum Gasteiger partial charge on any atom is 0.253 e. The first-order valence-electron chi connectivity index (χ1n) is 9.90. The lowest BCUT2D eigenvalue weighted by Crippen LogP contribution is -2.26. The second-order valence-corrected chi connectivity index (χ2v) is 7.24. The third-order valence-electron chi connectivity index (χ3n) is 4.85. The van der Waals surface area contributed by atoms with E-state index in [-0.39, 0.29) is 11.7 Å². The Kier molecular flexibility index (Phi) is 7.65. The Morgan fingerprint density at radius 1 is 1.13 bits per heavy atom. The third-order valence-corrected chi connectivity index (χ3v) is 4.85. The fraction of sp³-hybridized carbons (Fsp3) is 0.250. The molecule has 5 nitrogen and oxygen atoms in total. The van der Waals surface area contributed by atoms with Crippen LogP contribution >= 0.6 is 0 Å². The minimum atomic E-state index is -0.754. The average Bonchev–Trinajstić information content (AvgIpc) is 2.77. The van der Waals surface area contributed by atoms with Gasteiger partial charge < -0.3 is 15.3 Å². The van der Waals surface area contributed by atoms with Crippen LogP contribution in [0.1, 0.15) is 33.2 Å². The van der Waals surface area contributed by atoms with Crippen LogP contribution in [0.3, 0.4) is 0 Å². The molecule has 0 radical (unpaired) electrons. The summed E-state index contributed by atoms with van der Waals surface area (Å²) in [6.07, 6.45) is 3.47. The van der Waals surface area contributed by atoms with Crippen LogP contribution < -0.4 is 5.32 Å². The summed E-state index contributed by atoms with van der Waals surface area (Å²) in [5.74, 6) is -0.394. The summed E-state index contributed by atoms with van der Waals surface area (Å²) < 4.78 is 13.2. The zero-order valence-corrected chi connectivity index (χ0v) is 17.0. The highest BCUT2D eigenvalue weighted by atomic mass is 19.1. The average molecular weight is 407 g/mol. The number of aromatic nitrogens is 1. The number of aliphatic hydroxyl groups is 1. The van der Waals surface area contributed by atoms with Crippen molar-refractivity contribution in [3.63, 3.8) is 0 Å². The predicted octanol–water partition coefficient (Wildman–Crippen LogP) is 3.36. The molecule has 1 amide bonds. The molecule has 0 saturated carbocycles. The van der Waals surface area contributed by atoms with Gasteiger partial charge in [-0.15, -0.1) is 0 Å². The largest absolute Gasteiger partial charge is 0.387 e. The van der Waals surface area contributed by atoms with Gasteiger partial charge in [-0.2, -0.15) is 0 Å². The van der Waals surface area contributed by atoms with Gasteiger partial charge in [0.25, 0.3) is 5.91 Å². The number of aliphatic hydroxyl groups excluding tert-OH is 1. The van der Waals surface area contributed by atoms with Crippen molar-refractivity contribution in [3.8, 4) is 0 Å². The Morgan fingerprint density at radius 2 is 1.93 bits per heavy atom. The maximum atomic E-state index is 13.2. The van der Waals surface area contributed by atoms with Gasteiger partial charge in [-0.3, -0.25) is 9.78 Å². The monoisotopic (exact) mass is 407 g/mol. The van der Waals surface area contributed by atoms with Crippen molar-refractivity contribution in [2.45, 2.75) is 19.1 Å². The number of pyridine rings is 1. The Morgan fingerprint density at radius 3 is 2.63 bits per heavy atom. The van der Waals surface area contributed by atoms with Crippen LogP contribution in [0.2, 0.25) is 0 Å². The predicted molar refractivity (Wildman–Crippen MR) is 114 cm³/mol. The van der Waals surface area contributed by atoms with E-state index in [0.29, 0.717) is 30.8 Å². The molecule has 156 valence electrons. The fourth-order valence-corrected chi connectivity index (χ4v) is 3.17. The lowest BCUT2D eigenvalue weighted by atomic mass is 10.1. The Labute approximate surface area is 176 Å². The number of hydrogen-bond donors (Lipinski definition) is 2. The normalized spacial score (nSPS) is 11.8. The minimum Gasteiger partial charge on any atom is -0.387 e. The lowest BCUT2D eigenvalue weighted by molar-refractivity contribution is 0.0785. The van der Waals surface area contributed by atoms with Gasteiger partial charge in [0.1, 0.15) is 5.82 Å². The molecule has 6 heteroatoms. The molecule has 3 aromatic rings. The Hall–Kier alpha value is -3.09. The van der Waals surface area contributed by atoms with E-state index < -0.39 is 6.10 Å². The number of nitrogens with one attached hydrogen (secondary N) is 1. The van der Waals surface area contributed by atoms with Crippen molar-refractivity contribution in [2.75, 3.05) is 20.1 Å². The third kappa shape index (κ3) is 6.20. The first-order valence-corrected chi connectivity index (χ1v) is 9.90. The van der Waals surface area contributed by atoms with Gasteiger partial charge in [0.15, 0.2) is 0 Å². The summed E-state index contributed by atoms with van der Waals surface area (Å²) in [5, 5.41) is 13.3. The van der Waals surface area contributed by atoms with Crippen molar-refractivity contribution in [1.29, 1.82) is 0 Å². The van der Waals surface area contributed by atoms with E-state index in [0.717, 1.165) is 17.5 Å². The van der Waals surface area contributed by atoms with Gasteiger partial charge in [-0.1, -0.05) is 30.3 Å². The van der Waals surface area contributed by atoms with Gasteiger partial charge >= 0.3 is 0 Å². The topological polar surface area (TPSA) is 65.5 Å². The first kappa shape index (κ1) is 21.6. The molecule has 3 rings (SSSR count). The number of halogens is 1. The molecule has 0 saturated heterocycles. The smallest absolute Gasteiger partial charge is 0.253 e. The SMILES string of the molecule is CN(Cc1cccnc1)C(=O)c1ccc(CCNC[C@H](O)c2cccc(F)c2)cc1. The minimum absolute atomic E-state index is 0.0401. The fourth-order valence-electron chi connectivity index (χ4n) is 3.17. The molecule has 1 aromatic heterocycles. The summed E-state index contributed by atoms with van der Waals surface area (Å²) in [5.41, 5.74) is 3.27. The van der Waals surface area contributed by atoms with E-state index in [9.17, 15) is 14.3 Å². The Bertz CT molecular complexity index is 948. The molecule has 0 aliphatic carbocycles. The van der Waals surface area contributed by atoms with E-state index in [2.05, 4.69) is 10.3 Å². The molecule has 0 aliphatic heterocycles.